The first-order valence-electron chi connectivity index (χ1n) is 12.3. The van der Waals surface area contributed by atoms with Crippen molar-refractivity contribution in [2.24, 2.45) is 0 Å². The number of methoxy groups -OCH3 is 1. The van der Waals surface area contributed by atoms with E-state index < -0.39 is 0 Å². The maximum Gasteiger partial charge on any atom is 0.273 e. The molecule has 1 aliphatic heterocycles. The Morgan fingerprint density at radius 1 is 1.08 bits per heavy atom. The molecule has 0 spiro atoms. The lowest BCUT2D eigenvalue weighted by molar-refractivity contribution is 0.0638. The molecule has 1 aliphatic rings. The lowest BCUT2D eigenvalue weighted by Gasteiger charge is -2.33. The number of nitrogens with zero attached hydrogens (tertiary/aromatic N) is 6. The van der Waals surface area contributed by atoms with Crippen LogP contribution in [0.25, 0.3) is 17.1 Å². The quantitative estimate of drug-likeness (QED) is 0.301. The average Bonchev–Trinajstić information content (AvgIpc) is 3.59. The number of carbonyl (C=O) groups is 1. The van der Waals surface area contributed by atoms with Crippen molar-refractivity contribution in [3.63, 3.8) is 0 Å². The predicted octanol–water partition coefficient (Wildman–Crippen LogP) is 4.78. The number of benzene rings is 2. The number of likely N-dealkylation sites (N-methyl/N-ethyl adjacent to an activating group) is 1. The summed E-state index contributed by atoms with van der Waals surface area (Å²) in [5.74, 6) is 2.13. The van der Waals surface area contributed by atoms with Gasteiger partial charge in [0.05, 0.1) is 12.9 Å². The van der Waals surface area contributed by atoms with Crippen LogP contribution in [0.4, 0.5) is 0 Å². The molecule has 0 radical (unpaired) electrons. The van der Waals surface area contributed by atoms with Crippen molar-refractivity contribution in [1.82, 2.24) is 29.5 Å². The second-order valence-electron chi connectivity index (χ2n) is 8.85. The molecule has 0 N–H and O–H groups in total. The molecule has 2 aromatic heterocycles. The first-order chi connectivity index (χ1) is 18.1. The summed E-state index contributed by atoms with van der Waals surface area (Å²) in [4.78, 5) is 21.9. The van der Waals surface area contributed by atoms with Crippen molar-refractivity contribution >= 4 is 29.0 Å². The van der Waals surface area contributed by atoms with E-state index in [9.17, 15) is 4.79 Å². The van der Waals surface area contributed by atoms with Crippen molar-refractivity contribution in [3.05, 3.63) is 70.2 Å². The van der Waals surface area contributed by atoms with Gasteiger partial charge in [-0.05, 0) is 37.7 Å². The molecule has 0 unspecified atom stereocenters. The van der Waals surface area contributed by atoms with Gasteiger partial charge in [0.2, 0.25) is 0 Å². The van der Waals surface area contributed by atoms with Crippen LogP contribution in [0.15, 0.2) is 59.1 Å². The molecule has 2 aromatic carbocycles. The standard InChI is InChI=1S/C27H30N6O2S2/c1-4-31-12-14-32(15-13-31)26(34)23-17-36-24(28-23)18-37-27-30-29-25(20-6-5-7-22(16-20)35-3)33(27)21-10-8-19(2)9-11-21/h5-11,16-17H,4,12-15,18H2,1-3H3. The lowest BCUT2D eigenvalue weighted by Crippen LogP contribution is -2.48. The third-order valence-electron chi connectivity index (χ3n) is 6.46. The molecular weight excluding hydrogens is 504 g/mol. The number of amides is 1. The van der Waals surface area contributed by atoms with Gasteiger partial charge in [-0.15, -0.1) is 21.5 Å². The summed E-state index contributed by atoms with van der Waals surface area (Å²) in [6.07, 6.45) is 0. The number of piperazine rings is 1. The predicted molar refractivity (Wildman–Crippen MR) is 148 cm³/mol. The van der Waals surface area contributed by atoms with Crippen molar-refractivity contribution < 1.29 is 9.53 Å². The maximum absolute atomic E-state index is 13.0. The van der Waals surface area contributed by atoms with E-state index in [4.69, 9.17) is 4.74 Å². The molecule has 0 atom stereocenters. The van der Waals surface area contributed by atoms with Crippen molar-refractivity contribution in [2.45, 2.75) is 24.8 Å². The van der Waals surface area contributed by atoms with Gasteiger partial charge in [0.1, 0.15) is 16.5 Å². The Balaban J connectivity index is 1.35. The largest absolute Gasteiger partial charge is 0.497 e. The van der Waals surface area contributed by atoms with E-state index in [1.807, 2.05) is 34.5 Å². The second-order valence-corrected chi connectivity index (χ2v) is 10.7. The Morgan fingerprint density at radius 3 is 2.59 bits per heavy atom. The smallest absolute Gasteiger partial charge is 0.273 e. The van der Waals surface area contributed by atoms with Crippen LogP contribution in [0.5, 0.6) is 5.75 Å². The Kier molecular flexibility index (Phi) is 7.87. The molecular formula is C27H30N6O2S2. The summed E-state index contributed by atoms with van der Waals surface area (Å²) >= 11 is 3.08. The number of thiazole rings is 1. The second kappa shape index (κ2) is 11.5. The minimum absolute atomic E-state index is 0.0198. The van der Waals surface area contributed by atoms with Gasteiger partial charge in [0.15, 0.2) is 11.0 Å². The van der Waals surface area contributed by atoms with E-state index in [0.717, 1.165) is 65.7 Å². The third kappa shape index (κ3) is 5.71. The van der Waals surface area contributed by atoms with Crippen LogP contribution in [-0.2, 0) is 5.75 Å². The fourth-order valence-electron chi connectivity index (χ4n) is 4.27. The van der Waals surface area contributed by atoms with Crippen molar-refractivity contribution in [3.8, 4) is 22.8 Å². The monoisotopic (exact) mass is 534 g/mol. The molecule has 4 aromatic rings. The fraction of sp³-hybridized carbons (Fsp3) is 0.333. The molecule has 8 nitrogen and oxygen atoms in total. The highest BCUT2D eigenvalue weighted by molar-refractivity contribution is 7.98. The van der Waals surface area contributed by atoms with E-state index in [1.165, 1.54) is 16.9 Å². The van der Waals surface area contributed by atoms with E-state index in [0.29, 0.717) is 11.4 Å². The number of aromatic nitrogens is 4. The Bertz CT molecular complexity index is 1360. The molecule has 192 valence electrons. The number of rotatable bonds is 8. The highest BCUT2D eigenvalue weighted by atomic mass is 32.2. The minimum Gasteiger partial charge on any atom is -0.497 e. The summed E-state index contributed by atoms with van der Waals surface area (Å²) in [5, 5.41) is 12.6. The number of thioether (sulfide) groups is 1. The summed E-state index contributed by atoms with van der Waals surface area (Å²) in [6.45, 7) is 8.58. The van der Waals surface area contributed by atoms with Gasteiger partial charge in [0, 0.05) is 42.8 Å². The van der Waals surface area contributed by atoms with E-state index in [1.54, 1.807) is 18.9 Å². The SMILES string of the molecule is CCN1CCN(C(=O)c2csc(CSc3nnc(-c4cccc(OC)c4)n3-c3ccc(C)cc3)n2)CC1. The molecule has 37 heavy (non-hydrogen) atoms. The van der Waals surface area contributed by atoms with Gasteiger partial charge in [-0.25, -0.2) is 4.98 Å². The van der Waals surface area contributed by atoms with Crippen LogP contribution in [0.1, 0.15) is 28.0 Å². The highest BCUT2D eigenvalue weighted by Gasteiger charge is 2.23. The molecule has 0 saturated carbocycles. The first kappa shape index (κ1) is 25.4. The highest BCUT2D eigenvalue weighted by Crippen LogP contribution is 2.32. The normalized spacial score (nSPS) is 14.2. The van der Waals surface area contributed by atoms with E-state index in [-0.39, 0.29) is 5.91 Å². The van der Waals surface area contributed by atoms with Crippen LogP contribution < -0.4 is 4.74 Å². The Hall–Kier alpha value is -3.21. The topological polar surface area (TPSA) is 76.4 Å². The van der Waals surface area contributed by atoms with Gasteiger partial charge in [-0.2, -0.15) is 0 Å². The third-order valence-corrected chi connectivity index (χ3v) is 8.43. The number of ether oxygens (including phenoxy) is 1. The molecule has 1 fully saturated rings. The maximum atomic E-state index is 13.0. The Morgan fingerprint density at radius 2 is 1.86 bits per heavy atom. The summed E-state index contributed by atoms with van der Waals surface area (Å²) in [5.41, 5.74) is 3.62. The minimum atomic E-state index is 0.0198. The molecule has 0 bridgehead atoms. The fourth-order valence-corrected chi connectivity index (χ4v) is 6.01. The molecule has 1 saturated heterocycles. The number of hydrogen-bond donors (Lipinski definition) is 0. The lowest BCUT2D eigenvalue weighted by atomic mass is 10.2. The number of carbonyl (C=O) groups excluding carboxylic acids is 1. The van der Waals surface area contributed by atoms with Gasteiger partial charge in [0.25, 0.3) is 5.91 Å². The molecule has 0 aliphatic carbocycles. The zero-order valence-electron chi connectivity index (χ0n) is 21.3. The molecule has 10 heteroatoms. The summed E-state index contributed by atoms with van der Waals surface area (Å²) in [7, 11) is 1.66. The van der Waals surface area contributed by atoms with Crippen LogP contribution in [-0.4, -0.2) is 75.3 Å². The van der Waals surface area contributed by atoms with Crippen molar-refractivity contribution in [1.29, 1.82) is 0 Å². The number of hydrogen-bond acceptors (Lipinski definition) is 8. The summed E-state index contributed by atoms with van der Waals surface area (Å²) < 4.78 is 7.48. The van der Waals surface area contributed by atoms with Gasteiger partial charge < -0.3 is 14.5 Å². The van der Waals surface area contributed by atoms with Crippen molar-refractivity contribution in [2.75, 3.05) is 39.8 Å². The van der Waals surface area contributed by atoms with Crippen LogP contribution >= 0.6 is 23.1 Å². The molecule has 1 amide bonds. The van der Waals surface area contributed by atoms with Crippen LogP contribution in [0.3, 0.4) is 0 Å². The first-order valence-corrected chi connectivity index (χ1v) is 14.2. The Labute approximate surface area is 225 Å². The van der Waals surface area contributed by atoms with E-state index >= 15 is 0 Å². The van der Waals surface area contributed by atoms with Gasteiger partial charge >= 0.3 is 0 Å². The summed E-state index contributed by atoms with van der Waals surface area (Å²) in [6, 6.07) is 16.1. The molecule has 5 rings (SSSR count). The van der Waals surface area contributed by atoms with Gasteiger partial charge in [-0.3, -0.25) is 9.36 Å². The number of aryl methyl sites for hydroxylation is 1. The molecule has 3 heterocycles. The zero-order valence-corrected chi connectivity index (χ0v) is 22.9. The average molecular weight is 535 g/mol. The zero-order chi connectivity index (χ0) is 25.8. The van der Waals surface area contributed by atoms with Crippen LogP contribution in [0.2, 0.25) is 0 Å². The van der Waals surface area contributed by atoms with Crippen LogP contribution in [0, 0.1) is 6.92 Å². The van der Waals surface area contributed by atoms with E-state index in [2.05, 4.69) is 62.8 Å². The van der Waals surface area contributed by atoms with Gasteiger partial charge in [-0.1, -0.05) is 48.5 Å².